The van der Waals surface area contributed by atoms with Crippen LogP contribution in [0.4, 0.5) is 5.69 Å². The van der Waals surface area contributed by atoms with Crippen LogP contribution in [-0.2, 0) is 4.79 Å². The van der Waals surface area contributed by atoms with E-state index in [1.165, 1.54) is 0 Å². The summed E-state index contributed by atoms with van der Waals surface area (Å²) in [7, 11) is 0. The lowest BCUT2D eigenvalue weighted by atomic mass is 9.92. The van der Waals surface area contributed by atoms with E-state index in [9.17, 15) is 4.79 Å². The van der Waals surface area contributed by atoms with Gasteiger partial charge in [-0.1, -0.05) is 12.1 Å². The molecule has 1 unspecified atom stereocenters. The lowest BCUT2D eigenvalue weighted by Gasteiger charge is -2.23. The molecule has 1 amide bonds. The van der Waals surface area contributed by atoms with Crippen molar-refractivity contribution in [1.29, 1.82) is 0 Å². The van der Waals surface area contributed by atoms with Gasteiger partial charge >= 0.3 is 0 Å². The Hall–Kier alpha value is -2.27. The largest absolute Gasteiger partial charge is 0.326 e. The number of amides is 1. The smallest absolute Gasteiger partial charge is 0.228 e. The normalized spacial score (nSPS) is 21.5. The first kappa shape index (κ1) is 15.3. The van der Waals surface area contributed by atoms with Gasteiger partial charge in [-0.15, -0.1) is 0 Å². The molecule has 2 N–H and O–H groups in total. The molecule has 2 heterocycles. The van der Waals surface area contributed by atoms with Crippen molar-refractivity contribution >= 4 is 11.6 Å². The number of piperidine rings is 1. The van der Waals surface area contributed by atoms with E-state index >= 15 is 0 Å². The Morgan fingerprint density at radius 1 is 1.29 bits per heavy atom. The Balaban J connectivity index is 1.47. The number of aromatic nitrogens is 2. The van der Waals surface area contributed by atoms with Crippen molar-refractivity contribution in [2.75, 3.05) is 18.4 Å². The molecule has 2 aliphatic rings. The zero-order valence-corrected chi connectivity index (χ0v) is 13.9. The molecule has 0 radical (unpaired) electrons. The Morgan fingerprint density at radius 3 is 2.92 bits per heavy atom. The van der Waals surface area contributed by atoms with Crippen LogP contribution in [0.3, 0.4) is 0 Å². The molecule has 1 saturated heterocycles. The predicted octanol–water partition coefficient (Wildman–Crippen LogP) is 2.78. The summed E-state index contributed by atoms with van der Waals surface area (Å²) in [5.41, 5.74) is 2.93. The van der Waals surface area contributed by atoms with Crippen LogP contribution in [0.2, 0.25) is 0 Å². The number of carbonyl (C=O) groups excluding carboxylic acids is 1. The van der Waals surface area contributed by atoms with Crippen LogP contribution < -0.4 is 10.6 Å². The van der Waals surface area contributed by atoms with Crippen molar-refractivity contribution in [3.05, 3.63) is 42.2 Å². The Bertz CT molecular complexity index is 767. The number of nitrogens with one attached hydrogen (secondary N) is 2. The lowest BCUT2D eigenvalue weighted by Crippen LogP contribution is -2.31. The molecule has 1 atom stereocenters. The summed E-state index contributed by atoms with van der Waals surface area (Å²) in [4.78, 5) is 21.4. The van der Waals surface area contributed by atoms with Crippen LogP contribution in [0.1, 0.15) is 25.0 Å². The van der Waals surface area contributed by atoms with E-state index in [1.54, 1.807) is 6.20 Å². The van der Waals surface area contributed by atoms with Crippen LogP contribution in [0.25, 0.3) is 11.4 Å². The van der Waals surface area contributed by atoms with E-state index in [-0.39, 0.29) is 17.2 Å². The maximum Gasteiger partial charge on any atom is 0.228 e. The zero-order chi connectivity index (χ0) is 16.6. The first-order valence-corrected chi connectivity index (χ1v) is 8.58. The van der Waals surface area contributed by atoms with E-state index in [0.717, 1.165) is 49.3 Å². The van der Waals surface area contributed by atoms with E-state index < -0.39 is 0 Å². The van der Waals surface area contributed by atoms with Gasteiger partial charge in [-0.3, -0.25) is 4.79 Å². The molecule has 1 aliphatic carbocycles. The summed E-state index contributed by atoms with van der Waals surface area (Å²) in [5.74, 6) is 1.00. The molecule has 1 aromatic carbocycles. The molecule has 1 saturated carbocycles. The third kappa shape index (κ3) is 2.91. The minimum Gasteiger partial charge on any atom is -0.326 e. The topological polar surface area (TPSA) is 66.9 Å². The molecule has 2 fully saturated rings. The summed E-state index contributed by atoms with van der Waals surface area (Å²) in [6, 6.07) is 9.65. The van der Waals surface area contributed by atoms with Crippen LogP contribution in [0, 0.1) is 18.3 Å². The van der Waals surface area contributed by atoms with Crippen molar-refractivity contribution in [3.63, 3.8) is 0 Å². The van der Waals surface area contributed by atoms with Crippen LogP contribution in [0.15, 0.2) is 36.5 Å². The Morgan fingerprint density at radius 2 is 2.12 bits per heavy atom. The van der Waals surface area contributed by atoms with E-state index in [2.05, 4.69) is 20.6 Å². The number of benzene rings is 1. The molecule has 1 spiro atoms. The molecule has 5 heteroatoms. The molecule has 4 rings (SSSR count). The summed E-state index contributed by atoms with van der Waals surface area (Å²) >= 11 is 0. The van der Waals surface area contributed by atoms with Crippen LogP contribution in [0.5, 0.6) is 0 Å². The van der Waals surface area contributed by atoms with Gasteiger partial charge in [0.1, 0.15) is 0 Å². The summed E-state index contributed by atoms with van der Waals surface area (Å²) < 4.78 is 0. The van der Waals surface area contributed by atoms with Crippen molar-refractivity contribution in [2.24, 2.45) is 11.3 Å². The van der Waals surface area contributed by atoms with Crippen molar-refractivity contribution < 1.29 is 4.79 Å². The van der Waals surface area contributed by atoms with Crippen LogP contribution >= 0.6 is 0 Å². The van der Waals surface area contributed by atoms with Crippen LogP contribution in [-0.4, -0.2) is 29.0 Å². The fourth-order valence-electron chi connectivity index (χ4n) is 3.75. The SMILES string of the molecule is Cc1ccnc(-c2cccc(NC(=O)C3CC34CCNCC4)c2)n1. The number of nitrogens with zero attached hydrogens (tertiary/aromatic N) is 2. The minimum absolute atomic E-state index is 0.152. The number of anilines is 1. The van der Waals surface area contributed by atoms with E-state index in [4.69, 9.17) is 0 Å². The van der Waals surface area contributed by atoms with Gasteiger partial charge in [0.25, 0.3) is 0 Å². The highest BCUT2D eigenvalue weighted by Gasteiger charge is 2.57. The number of hydrogen-bond donors (Lipinski definition) is 2. The highest BCUT2D eigenvalue weighted by molar-refractivity contribution is 5.95. The standard InChI is InChI=1S/C19H22N4O/c1-13-5-8-21-17(22-13)14-3-2-4-15(11-14)23-18(24)16-12-19(16)6-9-20-10-7-19/h2-5,8,11,16,20H,6-7,9-10,12H2,1H3,(H,23,24). The second-order valence-electron chi connectivity index (χ2n) is 6.96. The zero-order valence-electron chi connectivity index (χ0n) is 13.9. The molecule has 1 aromatic heterocycles. The molecule has 1 aliphatic heterocycles. The average Bonchev–Trinajstić information content (AvgIpc) is 3.29. The highest BCUT2D eigenvalue weighted by atomic mass is 16.2. The number of aryl methyl sites for hydroxylation is 1. The maximum absolute atomic E-state index is 12.6. The number of carbonyl (C=O) groups is 1. The van der Waals surface area contributed by atoms with Crippen molar-refractivity contribution in [3.8, 4) is 11.4 Å². The van der Waals surface area contributed by atoms with E-state index in [1.807, 2.05) is 37.3 Å². The van der Waals surface area contributed by atoms with Gasteiger partial charge in [-0.25, -0.2) is 9.97 Å². The second-order valence-corrected chi connectivity index (χ2v) is 6.96. The molecular formula is C19H22N4O. The molecule has 5 nitrogen and oxygen atoms in total. The van der Waals surface area contributed by atoms with Gasteiger partial charge in [0.2, 0.25) is 5.91 Å². The minimum atomic E-state index is 0.152. The van der Waals surface area contributed by atoms with E-state index in [0.29, 0.717) is 5.82 Å². The number of rotatable bonds is 3. The third-order valence-electron chi connectivity index (χ3n) is 5.29. The van der Waals surface area contributed by atoms with Gasteiger partial charge in [0, 0.05) is 29.1 Å². The molecular weight excluding hydrogens is 300 g/mol. The average molecular weight is 322 g/mol. The second kappa shape index (κ2) is 5.98. The lowest BCUT2D eigenvalue weighted by molar-refractivity contribution is -0.118. The molecule has 2 aromatic rings. The fourth-order valence-corrected chi connectivity index (χ4v) is 3.75. The molecule has 24 heavy (non-hydrogen) atoms. The summed E-state index contributed by atoms with van der Waals surface area (Å²) in [5, 5.41) is 6.46. The van der Waals surface area contributed by atoms with Gasteiger partial charge < -0.3 is 10.6 Å². The quantitative estimate of drug-likeness (QED) is 0.912. The Labute approximate surface area is 141 Å². The van der Waals surface area contributed by atoms with Crippen molar-refractivity contribution in [1.82, 2.24) is 15.3 Å². The van der Waals surface area contributed by atoms with Gasteiger partial charge in [0.15, 0.2) is 5.82 Å². The molecule has 0 bridgehead atoms. The monoisotopic (exact) mass is 322 g/mol. The van der Waals surface area contributed by atoms with Crippen molar-refractivity contribution in [2.45, 2.75) is 26.2 Å². The Kier molecular flexibility index (Phi) is 3.81. The fraction of sp³-hybridized carbons (Fsp3) is 0.421. The maximum atomic E-state index is 12.6. The van der Waals surface area contributed by atoms with Gasteiger partial charge in [-0.2, -0.15) is 0 Å². The summed E-state index contributed by atoms with van der Waals surface area (Å²) in [6.07, 6.45) is 5.01. The summed E-state index contributed by atoms with van der Waals surface area (Å²) in [6.45, 7) is 4.01. The first-order chi connectivity index (χ1) is 11.7. The number of hydrogen-bond acceptors (Lipinski definition) is 4. The predicted molar refractivity (Wildman–Crippen MR) is 93.5 cm³/mol. The molecule has 124 valence electrons. The van der Waals surface area contributed by atoms with Gasteiger partial charge in [0.05, 0.1) is 0 Å². The highest BCUT2D eigenvalue weighted by Crippen LogP contribution is 2.58. The first-order valence-electron chi connectivity index (χ1n) is 8.58. The van der Waals surface area contributed by atoms with Gasteiger partial charge in [-0.05, 0) is 62.9 Å². The third-order valence-corrected chi connectivity index (χ3v) is 5.29.